The van der Waals surface area contributed by atoms with E-state index in [-0.39, 0.29) is 21.9 Å². The lowest BCUT2D eigenvalue weighted by Crippen LogP contribution is -2.42. The molecule has 1 aliphatic carbocycles. The van der Waals surface area contributed by atoms with Crippen molar-refractivity contribution in [1.29, 1.82) is 0 Å². The topological polar surface area (TPSA) is 110 Å². The number of hydrogen-bond donors (Lipinski definition) is 2. The Bertz CT molecular complexity index is 825. The highest BCUT2D eigenvalue weighted by Gasteiger charge is 2.32. The average Bonchev–Trinajstić information content (AvgIpc) is 3.38. The van der Waals surface area contributed by atoms with E-state index in [4.69, 9.17) is 5.73 Å². The quantitative estimate of drug-likeness (QED) is 0.753. The second-order valence-corrected chi connectivity index (χ2v) is 10.6. The highest BCUT2D eigenvalue weighted by atomic mass is 32.2. The molecule has 0 bridgehead atoms. The van der Waals surface area contributed by atoms with Gasteiger partial charge in [0, 0.05) is 25.2 Å². The summed E-state index contributed by atoms with van der Waals surface area (Å²) >= 11 is 0. The maximum Gasteiger partial charge on any atom is 0.243 e. The molecule has 1 saturated carbocycles. The van der Waals surface area contributed by atoms with E-state index in [1.54, 1.807) is 0 Å². The maximum atomic E-state index is 12.9. The van der Waals surface area contributed by atoms with E-state index in [0.29, 0.717) is 19.0 Å². The number of piperidine rings is 1. The van der Waals surface area contributed by atoms with Crippen molar-refractivity contribution in [3.8, 4) is 0 Å². The lowest BCUT2D eigenvalue weighted by molar-refractivity contribution is 0.250. The number of benzene rings is 1. The van der Waals surface area contributed by atoms with Crippen LogP contribution in [0.15, 0.2) is 34.1 Å². The van der Waals surface area contributed by atoms with Crippen molar-refractivity contribution in [3.63, 3.8) is 0 Å². The minimum absolute atomic E-state index is 0.00839. The van der Waals surface area contributed by atoms with Crippen LogP contribution < -0.4 is 10.5 Å². The largest absolute Gasteiger partial charge is 0.328 e. The third-order valence-electron chi connectivity index (χ3n) is 4.89. The van der Waals surface area contributed by atoms with Crippen LogP contribution in [0, 0.1) is 5.92 Å². The molecule has 1 aromatic carbocycles. The van der Waals surface area contributed by atoms with Crippen molar-refractivity contribution in [2.24, 2.45) is 11.7 Å². The molecule has 1 unspecified atom stereocenters. The van der Waals surface area contributed by atoms with Gasteiger partial charge in [-0.25, -0.2) is 21.6 Å². The summed E-state index contributed by atoms with van der Waals surface area (Å²) in [5, 5.41) is 0. The Morgan fingerprint density at radius 3 is 2.24 bits per heavy atom. The van der Waals surface area contributed by atoms with E-state index in [0.717, 1.165) is 25.7 Å². The summed E-state index contributed by atoms with van der Waals surface area (Å²) in [7, 11) is -7.39. The smallest absolute Gasteiger partial charge is 0.243 e. The summed E-state index contributed by atoms with van der Waals surface area (Å²) in [4.78, 5) is 0.0105. The molecule has 3 N–H and O–H groups in total. The molecular formula is C16H25N3O4S2. The van der Waals surface area contributed by atoms with Crippen molar-refractivity contribution in [1.82, 2.24) is 9.03 Å². The summed E-state index contributed by atoms with van der Waals surface area (Å²) in [6.45, 7) is 2.76. The molecule has 3 rings (SSSR count). The first-order chi connectivity index (χ1) is 11.7. The molecular weight excluding hydrogens is 362 g/mol. The van der Waals surface area contributed by atoms with Gasteiger partial charge in [0.05, 0.1) is 9.79 Å². The molecule has 0 amide bonds. The Hall–Kier alpha value is -1.00. The number of sulfonamides is 2. The van der Waals surface area contributed by atoms with Gasteiger partial charge in [-0.2, -0.15) is 4.31 Å². The second kappa shape index (κ2) is 6.96. The van der Waals surface area contributed by atoms with Crippen LogP contribution in [0.25, 0.3) is 0 Å². The predicted molar refractivity (Wildman–Crippen MR) is 94.9 cm³/mol. The average molecular weight is 388 g/mol. The zero-order chi connectivity index (χ0) is 18.2. The number of nitrogens with zero attached hydrogens (tertiary/aromatic N) is 1. The Morgan fingerprint density at radius 2 is 1.68 bits per heavy atom. The van der Waals surface area contributed by atoms with E-state index in [9.17, 15) is 16.8 Å². The van der Waals surface area contributed by atoms with Crippen molar-refractivity contribution in [3.05, 3.63) is 24.3 Å². The fourth-order valence-corrected chi connectivity index (χ4v) is 6.02. The SMILES string of the molecule is CC(N)C1CCN(S(=O)(=O)c2cccc(S(=O)(=O)NC3CC3)c2)CC1. The molecule has 1 aliphatic heterocycles. The normalized spacial score (nSPS) is 22.0. The van der Waals surface area contributed by atoms with Gasteiger partial charge in [-0.1, -0.05) is 6.07 Å². The van der Waals surface area contributed by atoms with Gasteiger partial charge in [0.25, 0.3) is 0 Å². The Labute approximate surface area is 149 Å². The van der Waals surface area contributed by atoms with Crippen molar-refractivity contribution < 1.29 is 16.8 Å². The van der Waals surface area contributed by atoms with Crippen LogP contribution in [0.2, 0.25) is 0 Å². The Morgan fingerprint density at radius 1 is 1.08 bits per heavy atom. The molecule has 7 nitrogen and oxygen atoms in total. The lowest BCUT2D eigenvalue weighted by atomic mass is 9.92. The first kappa shape index (κ1) is 18.8. The Balaban J connectivity index is 1.80. The van der Waals surface area contributed by atoms with Crippen LogP contribution in [0.3, 0.4) is 0 Å². The van der Waals surface area contributed by atoms with Gasteiger partial charge in [0.1, 0.15) is 0 Å². The highest BCUT2D eigenvalue weighted by molar-refractivity contribution is 7.90. The van der Waals surface area contributed by atoms with E-state index in [2.05, 4.69) is 4.72 Å². The molecule has 25 heavy (non-hydrogen) atoms. The summed E-state index contributed by atoms with van der Waals surface area (Å²) < 4.78 is 54.4. The van der Waals surface area contributed by atoms with Gasteiger partial charge in [0.15, 0.2) is 0 Å². The molecule has 0 radical (unpaired) electrons. The maximum absolute atomic E-state index is 12.9. The van der Waals surface area contributed by atoms with E-state index in [1.807, 2.05) is 6.92 Å². The van der Waals surface area contributed by atoms with Gasteiger partial charge in [0.2, 0.25) is 20.0 Å². The van der Waals surface area contributed by atoms with E-state index < -0.39 is 20.0 Å². The highest BCUT2D eigenvalue weighted by Crippen LogP contribution is 2.27. The van der Waals surface area contributed by atoms with Crippen LogP contribution in [-0.4, -0.2) is 46.3 Å². The zero-order valence-electron chi connectivity index (χ0n) is 14.3. The minimum atomic E-state index is -3.71. The van der Waals surface area contributed by atoms with Crippen LogP contribution in [-0.2, 0) is 20.0 Å². The molecule has 140 valence electrons. The lowest BCUT2D eigenvalue weighted by Gasteiger charge is -2.33. The van der Waals surface area contributed by atoms with Crippen molar-refractivity contribution >= 4 is 20.0 Å². The van der Waals surface area contributed by atoms with Gasteiger partial charge >= 0.3 is 0 Å². The molecule has 1 saturated heterocycles. The molecule has 1 aromatic rings. The van der Waals surface area contributed by atoms with Crippen LogP contribution in [0.1, 0.15) is 32.6 Å². The standard InChI is InChI=1S/C16H25N3O4S2/c1-12(17)13-7-9-19(10-8-13)25(22,23)16-4-2-3-15(11-16)24(20,21)18-14-5-6-14/h2-4,11-14,18H,5-10,17H2,1H3. The third kappa shape index (κ3) is 4.22. The van der Waals surface area contributed by atoms with Crippen LogP contribution in [0.5, 0.6) is 0 Å². The van der Waals surface area contributed by atoms with Gasteiger partial charge in [-0.3, -0.25) is 0 Å². The van der Waals surface area contributed by atoms with Gasteiger partial charge in [-0.15, -0.1) is 0 Å². The van der Waals surface area contributed by atoms with Gasteiger partial charge < -0.3 is 5.73 Å². The summed E-state index contributed by atoms with van der Waals surface area (Å²) in [5.74, 6) is 0.320. The molecule has 1 atom stereocenters. The monoisotopic (exact) mass is 387 g/mol. The number of hydrogen-bond acceptors (Lipinski definition) is 5. The van der Waals surface area contributed by atoms with Crippen molar-refractivity contribution in [2.45, 2.75) is 54.5 Å². The number of nitrogens with two attached hydrogens (primary N) is 1. The van der Waals surface area contributed by atoms with E-state index >= 15 is 0 Å². The first-order valence-corrected chi connectivity index (χ1v) is 11.5. The molecule has 2 aliphatic rings. The molecule has 9 heteroatoms. The molecule has 0 spiro atoms. The predicted octanol–water partition coefficient (Wildman–Crippen LogP) is 0.875. The van der Waals surface area contributed by atoms with E-state index in [1.165, 1.54) is 28.6 Å². The summed E-state index contributed by atoms with van der Waals surface area (Å²) in [5.41, 5.74) is 5.90. The second-order valence-electron chi connectivity index (χ2n) is 6.97. The summed E-state index contributed by atoms with van der Waals surface area (Å²) in [6, 6.07) is 5.62. The number of rotatable bonds is 6. The molecule has 2 fully saturated rings. The third-order valence-corrected chi connectivity index (χ3v) is 8.31. The van der Waals surface area contributed by atoms with Crippen LogP contribution >= 0.6 is 0 Å². The zero-order valence-corrected chi connectivity index (χ0v) is 15.9. The fourth-order valence-electron chi connectivity index (χ4n) is 3.08. The van der Waals surface area contributed by atoms with Gasteiger partial charge in [-0.05, 0) is 56.7 Å². The fraction of sp³-hybridized carbons (Fsp3) is 0.625. The minimum Gasteiger partial charge on any atom is -0.328 e. The van der Waals surface area contributed by atoms with Crippen molar-refractivity contribution in [2.75, 3.05) is 13.1 Å². The van der Waals surface area contributed by atoms with Crippen LogP contribution in [0.4, 0.5) is 0 Å². The molecule has 0 aromatic heterocycles. The first-order valence-electron chi connectivity index (χ1n) is 8.58. The number of nitrogens with one attached hydrogen (secondary N) is 1. The Kier molecular flexibility index (Phi) is 5.23. The summed E-state index contributed by atoms with van der Waals surface area (Å²) in [6.07, 6.45) is 3.09. The molecule has 1 heterocycles.